The first-order chi connectivity index (χ1) is 13.1. The van der Waals surface area contributed by atoms with Crippen molar-refractivity contribution in [2.45, 2.75) is 39.2 Å². The monoisotopic (exact) mass is 365 g/mol. The molecule has 1 saturated heterocycles. The van der Waals surface area contributed by atoms with Crippen LogP contribution in [-0.2, 0) is 13.6 Å². The van der Waals surface area contributed by atoms with Crippen LogP contribution in [0.1, 0.15) is 41.1 Å². The predicted molar refractivity (Wildman–Crippen MR) is 106 cm³/mol. The Balaban J connectivity index is 1.56. The largest absolute Gasteiger partial charge is 0.496 e. The molecule has 1 aliphatic heterocycles. The minimum absolute atomic E-state index is 0.402. The number of hydrogen-bond donors (Lipinski definition) is 0. The number of likely N-dealkylation sites (tertiary alicyclic amines) is 1. The van der Waals surface area contributed by atoms with Crippen LogP contribution in [0.25, 0.3) is 11.2 Å². The first kappa shape index (κ1) is 17.9. The number of rotatable bonds is 4. The number of hydrogen-bond acceptors (Lipinski definition) is 5. The summed E-state index contributed by atoms with van der Waals surface area (Å²) in [6.45, 7) is 7.37. The van der Waals surface area contributed by atoms with Gasteiger partial charge in [0.2, 0.25) is 0 Å². The average Bonchev–Trinajstić information content (AvgIpc) is 3.02. The molecule has 0 aliphatic carbocycles. The van der Waals surface area contributed by atoms with E-state index in [4.69, 9.17) is 9.84 Å². The fourth-order valence-electron chi connectivity index (χ4n) is 4.18. The van der Waals surface area contributed by atoms with E-state index in [9.17, 15) is 0 Å². The molecule has 6 nitrogen and oxygen atoms in total. The second-order valence-electron chi connectivity index (χ2n) is 7.56. The lowest BCUT2D eigenvalue weighted by atomic mass is 9.93. The lowest BCUT2D eigenvalue weighted by Crippen LogP contribution is -2.34. The average molecular weight is 365 g/mol. The minimum Gasteiger partial charge on any atom is -0.496 e. The number of piperidine rings is 1. The molecule has 142 valence electrons. The standard InChI is InChI=1S/C21H27N5O/c1-14-11-18(27-4)15(2)10-17(14)13-26-9-5-6-16(12-26)19-20-21(25(3)24-19)23-8-7-22-20/h7-8,10-11,16H,5-6,9,12-13H2,1-4H3/t16-/m1/s1. The third-order valence-electron chi connectivity index (χ3n) is 5.63. The van der Waals surface area contributed by atoms with Crippen LogP contribution in [0.5, 0.6) is 5.75 Å². The van der Waals surface area contributed by atoms with Crippen LogP contribution in [0.15, 0.2) is 24.5 Å². The van der Waals surface area contributed by atoms with E-state index in [1.54, 1.807) is 19.5 Å². The molecular formula is C21H27N5O. The molecule has 1 aliphatic rings. The second-order valence-corrected chi connectivity index (χ2v) is 7.56. The molecule has 6 heteroatoms. The quantitative estimate of drug-likeness (QED) is 0.709. The Kier molecular flexibility index (Phi) is 4.83. The zero-order valence-electron chi connectivity index (χ0n) is 16.6. The molecule has 1 fully saturated rings. The van der Waals surface area contributed by atoms with Gasteiger partial charge in [0.15, 0.2) is 5.65 Å². The maximum absolute atomic E-state index is 5.45. The van der Waals surface area contributed by atoms with Crippen LogP contribution in [0.3, 0.4) is 0 Å². The molecule has 0 unspecified atom stereocenters. The number of nitrogens with zero attached hydrogens (tertiary/aromatic N) is 5. The Hall–Kier alpha value is -2.47. The van der Waals surface area contributed by atoms with Gasteiger partial charge >= 0.3 is 0 Å². The predicted octanol–water partition coefficient (Wildman–Crippen LogP) is 3.37. The zero-order chi connectivity index (χ0) is 19.0. The minimum atomic E-state index is 0.402. The number of fused-ring (bicyclic) bond motifs is 1. The van der Waals surface area contributed by atoms with E-state index in [0.717, 1.165) is 48.7 Å². The summed E-state index contributed by atoms with van der Waals surface area (Å²) < 4.78 is 7.31. The van der Waals surface area contributed by atoms with Gasteiger partial charge in [-0.05, 0) is 56.0 Å². The highest BCUT2D eigenvalue weighted by Crippen LogP contribution is 2.31. The first-order valence-electron chi connectivity index (χ1n) is 9.57. The van der Waals surface area contributed by atoms with Gasteiger partial charge in [-0.25, -0.2) is 14.6 Å². The van der Waals surface area contributed by atoms with Crippen molar-refractivity contribution < 1.29 is 4.74 Å². The highest BCUT2D eigenvalue weighted by Gasteiger charge is 2.26. The van der Waals surface area contributed by atoms with Crippen molar-refractivity contribution in [1.29, 1.82) is 0 Å². The zero-order valence-corrected chi connectivity index (χ0v) is 16.6. The van der Waals surface area contributed by atoms with Gasteiger partial charge in [-0.15, -0.1) is 0 Å². The topological polar surface area (TPSA) is 56.1 Å². The van der Waals surface area contributed by atoms with Crippen molar-refractivity contribution in [2.75, 3.05) is 20.2 Å². The van der Waals surface area contributed by atoms with Crippen molar-refractivity contribution in [2.24, 2.45) is 7.05 Å². The summed E-state index contributed by atoms with van der Waals surface area (Å²) >= 11 is 0. The summed E-state index contributed by atoms with van der Waals surface area (Å²) in [6, 6.07) is 4.41. The van der Waals surface area contributed by atoms with Crippen LogP contribution >= 0.6 is 0 Å². The number of ether oxygens (including phenoxy) is 1. The Morgan fingerprint density at radius 1 is 1.15 bits per heavy atom. The number of methoxy groups -OCH3 is 1. The van der Waals surface area contributed by atoms with Gasteiger partial charge in [0.05, 0.1) is 12.8 Å². The van der Waals surface area contributed by atoms with Gasteiger partial charge in [-0.2, -0.15) is 5.10 Å². The summed E-state index contributed by atoms with van der Waals surface area (Å²) in [5, 5.41) is 4.76. The fourth-order valence-corrected chi connectivity index (χ4v) is 4.18. The van der Waals surface area contributed by atoms with E-state index in [1.807, 2.05) is 11.7 Å². The number of benzene rings is 1. The summed E-state index contributed by atoms with van der Waals surface area (Å²) in [5.41, 5.74) is 6.76. The molecule has 0 saturated carbocycles. The number of aromatic nitrogens is 4. The van der Waals surface area contributed by atoms with Crippen LogP contribution in [0, 0.1) is 13.8 Å². The highest BCUT2D eigenvalue weighted by atomic mass is 16.5. The molecular weight excluding hydrogens is 338 g/mol. The van der Waals surface area contributed by atoms with Gasteiger partial charge in [0.1, 0.15) is 11.3 Å². The lowest BCUT2D eigenvalue weighted by molar-refractivity contribution is 0.198. The van der Waals surface area contributed by atoms with Crippen LogP contribution < -0.4 is 4.74 Å². The smallest absolute Gasteiger partial charge is 0.176 e. The number of aryl methyl sites for hydroxylation is 3. The molecule has 1 atom stereocenters. The molecule has 3 heterocycles. The second kappa shape index (κ2) is 7.27. The Bertz CT molecular complexity index is 965. The molecule has 4 rings (SSSR count). The van der Waals surface area contributed by atoms with E-state index in [1.165, 1.54) is 23.1 Å². The van der Waals surface area contributed by atoms with Gasteiger partial charge < -0.3 is 4.74 Å². The van der Waals surface area contributed by atoms with Crippen molar-refractivity contribution in [3.63, 3.8) is 0 Å². The van der Waals surface area contributed by atoms with Crippen LogP contribution in [0.4, 0.5) is 0 Å². The summed E-state index contributed by atoms with van der Waals surface area (Å²) in [7, 11) is 3.68. The molecule has 1 aromatic carbocycles. The van der Waals surface area contributed by atoms with E-state index in [-0.39, 0.29) is 0 Å². The SMILES string of the molecule is COc1cc(C)c(CN2CCC[C@@H](c3nn(C)c4nccnc34)C2)cc1C. The van der Waals surface area contributed by atoms with Gasteiger partial charge in [-0.1, -0.05) is 6.07 Å². The molecule has 27 heavy (non-hydrogen) atoms. The Labute approximate surface area is 160 Å². The van der Waals surface area contributed by atoms with Gasteiger partial charge in [0, 0.05) is 38.4 Å². The third kappa shape index (κ3) is 3.41. The van der Waals surface area contributed by atoms with E-state index >= 15 is 0 Å². The van der Waals surface area contributed by atoms with E-state index < -0.39 is 0 Å². The lowest BCUT2D eigenvalue weighted by Gasteiger charge is -2.32. The Morgan fingerprint density at radius 2 is 1.96 bits per heavy atom. The van der Waals surface area contributed by atoms with Crippen molar-refractivity contribution >= 4 is 11.2 Å². The fraction of sp³-hybridized carbons (Fsp3) is 0.476. The molecule has 2 aromatic heterocycles. The normalized spacial score (nSPS) is 18.1. The van der Waals surface area contributed by atoms with Gasteiger partial charge in [-0.3, -0.25) is 4.90 Å². The van der Waals surface area contributed by atoms with Crippen molar-refractivity contribution in [3.8, 4) is 5.75 Å². The molecule has 0 N–H and O–H groups in total. The van der Waals surface area contributed by atoms with Crippen LogP contribution in [0.2, 0.25) is 0 Å². The summed E-state index contributed by atoms with van der Waals surface area (Å²) in [6.07, 6.45) is 5.82. The third-order valence-corrected chi connectivity index (χ3v) is 5.63. The van der Waals surface area contributed by atoms with E-state index in [2.05, 4.69) is 40.8 Å². The maximum Gasteiger partial charge on any atom is 0.176 e. The molecule has 0 spiro atoms. The first-order valence-corrected chi connectivity index (χ1v) is 9.57. The summed E-state index contributed by atoms with van der Waals surface area (Å²) in [4.78, 5) is 11.5. The highest BCUT2D eigenvalue weighted by molar-refractivity contribution is 5.73. The van der Waals surface area contributed by atoms with Crippen molar-refractivity contribution in [3.05, 3.63) is 46.9 Å². The van der Waals surface area contributed by atoms with Gasteiger partial charge in [0.25, 0.3) is 0 Å². The molecule has 3 aromatic rings. The maximum atomic E-state index is 5.45. The summed E-state index contributed by atoms with van der Waals surface area (Å²) in [5.74, 6) is 1.37. The molecule has 0 radical (unpaired) electrons. The van der Waals surface area contributed by atoms with Crippen molar-refractivity contribution in [1.82, 2.24) is 24.6 Å². The molecule has 0 amide bonds. The van der Waals surface area contributed by atoms with E-state index in [0.29, 0.717) is 5.92 Å². The van der Waals surface area contributed by atoms with Crippen LogP contribution in [-0.4, -0.2) is 44.8 Å². The molecule has 0 bridgehead atoms. The Morgan fingerprint density at radius 3 is 2.78 bits per heavy atom.